The van der Waals surface area contributed by atoms with Crippen LogP contribution in [0.3, 0.4) is 0 Å². The van der Waals surface area contributed by atoms with Crippen LogP contribution in [0.5, 0.6) is 17.2 Å². The van der Waals surface area contributed by atoms with Gasteiger partial charge in [0.05, 0.1) is 50.8 Å². The molecule has 3 unspecified atom stereocenters. The molecule has 0 bridgehead atoms. The lowest BCUT2D eigenvalue weighted by atomic mass is 9.95. The fraction of sp³-hybridized carbons (Fsp3) is 0.376. The molecule has 115 heavy (non-hydrogen) atoms. The maximum atomic E-state index is 13.2. The third-order valence-electron chi connectivity index (χ3n) is 22.7. The van der Waals surface area contributed by atoms with E-state index < -0.39 is 25.4 Å². The van der Waals surface area contributed by atoms with Crippen LogP contribution in [0.4, 0.5) is 31.1 Å². The zero-order valence-corrected chi connectivity index (χ0v) is 63.7. The summed E-state index contributed by atoms with van der Waals surface area (Å²) < 4.78 is 109. The van der Waals surface area contributed by atoms with Crippen molar-refractivity contribution in [1.82, 2.24) is 73.1 Å². The molecule has 3 fully saturated rings. The van der Waals surface area contributed by atoms with E-state index in [2.05, 4.69) is 35.2 Å². The molecule has 6 aliphatic rings. The first-order valence-electron chi connectivity index (χ1n) is 38.9. The number of ether oxygens (including phenoxy) is 4. The molecule has 0 spiro atoms. The number of carbonyl (C=O) groups is 2. The molecule has 596 valence electrons. The summed E-state index contributed by atoms with van der Waals surface area (Å²) in [6.07, 6.45) is 17.6. The number of hydrogen-bond acceptors (Lipinski definition) is 16. The van der Waals surface area contributed by atoms with E-state index in [0.29, 0.717) is 109 Å². The molecule has 30 heteroatoms. The van der Waals surface area contributed by atoms with Crippen molar-refractivity contribution >= 4 is 44.7 Å². The predicted octanol–water partition coefficient (Wildman–Crippen LogP) is 14.9. The van der Waals surface area contributed by atoms with Crippen LogP contribution in [0.2, 0.25) is 0 Å². The lowest BCUT2D eigenvalue weighted by Gasteiger charge is -2.32. The Balaban J connectivity index is 0.000000130. The fourth-order valence-electron chi connectivity index (χ4n) is 17.1. The second-order valence-electron chi connectivity index (χ2n) is 30.7. The van der Waals surface area contributed by atoms with Crippen LogP contribution in [-0.4, -0.2) is 144 Å². The summed E-state index contributed by atoms with van der Waals surface area (Å²) in [6.45, 7) is 4.39. The summed E-state index contributed by atoms with van der Waals surface area (Å²) in [5.41, 5.74) is 8.31. The molecule has 3 saturated heterocycles. The Kier molecular flexibility index (Phi) is 21.8. The van der Waals surface area contributed by atoms with Crippen molar-refractivity contribution in [2.24, 2.45) is 0 Å². The number of rotatable bonds is 15. The first-order chi connectivity index (χ1) is 55.6. The molecule has 0 aliphatic carbocycles. The van der Waals surface area contributed by atoms with Gasteiger partial charge >= 0.3 is 25.9 Å². The average molecular weight is 1570 g/mol. The number of alkyl halides is 6. The summed E-state index contributed by atoms with van der Waals surface area (Å²) in [4.78, 5) is 94.9. The molecule has 6 aliphatic heterocycles. The minimum absolute atomic E-state index is 0.0844. The summed E-state index contributed by atoms with van der Waals surface area (Å²) in [6, 6.07) is 36.3. The number of nitrogens with one attached hydrogen (secondary N) is 1. The van der Waals surface area contributed by atoms with E-state index in [0.717, 1.165) is 114 Å². The number of para-hydroxylation sites is 3. The highest BCUT2D eigenvalue weighted by atomic mass is 19.3. The van der Waals surface area contributed by atoms with E-state index in [-0.39, 0.29) is 75.9 Å². The van der Waals surface area contributed by atoms with Crippen molar-refractivity contribution in [2.45, 2.75) is 166 Å². The predicted molar refractivity (Wildman–Crippen MR) is 418 cm³/mol. The number of carbonyl (C=O) groups excluding carboxylic acids is 2. The van der Waals surface area contributed by atoms with Gasteiger partial charge < -0.3 is 34.1 Å². The topological polar surface area (TPSA) is 248 Å². The average Bonchev–Trinajstić information content (AvgIpc) is 1.59. The minimum Gasteiger partial charge on any atom is -0.444 e. The number of halogens is 6. The molecule has 2 amide bonds. The van der Waals surface area contributed by atoms with Crippen LogP contribution >= 0.6 is 0 Å². The summed E-state index contributed by atoms with van der Waals surface area (Å²) in [7, 11) is 0. The van der Waals surface area contributed by atoms with Crippen molar-refractivity contribution in [1.29, 1.82) is 0 Å². The van der Waals surface area contributed by atoms with Crippen molar-refractivity contribution in [3.63, 3.8) is 0 Å². The third kappa shape index (κ3) is 15.8. The molecule has 3 atom stereocenters. The van der Waals surface area contributed by atoms with Crippen LogP contribution in [-0.2, 0) is 29.2 Å². The number of hydrogen-bond donors (Lipinski definition) is 1. The van der Waals surface area contributed by atoms with Crippen LogP contribution in [0.15, 0.2) is 179 Å². The molecule has 12 heterocycles. The zero-order valence-electron chi connectivity index (χ0n) is 63.7. The number of aromatic nitrogens is 12. The molecule has 12 aromatic rings. The van der Waals surface area contributed by atoms with Gasteiger partial charge in [0.1, 0.15) is 40.3 Å². The first kappa shape index (κ1) is 77.0. The van der Waals surface area contributed by atoms with Gasteiger partial charge in [-0.05, 0) is 163 Å². The molecule has 6 aromatic carbocycles. The maximum absolute atomic E-state index is 13.2. The molecule has 18 rings (SSSR count). The Bertz CT molecular complexity index is 5760. The highest BCUT2D eigenvalue weighted by Crippen LogP contribution is 2.43. The molecule has 24 nitrogen and oxygen atoms in total. The molecule has 6 aromatic heterocycles. The van der Waals surface area contributed by atoms with Crippen LogP contribution in [0.1, 0.15) is 156 Å². The Labute approximate surface area is 655 Å². The summed E-state index contributed by atoms with van der Waals surface area (Å²) in [5, 5.41) is 5.08. The number of likely N-dealkylation sites (tertiary alicyclic amines) is 2. The van der Waals surface area contributed by atoms with Gasteiger partial charge in [-0.2, -0.15) is 26.3 Å². The molecular weight excluding hydrogens is 1490 g/mol. The van der Waals surface area contributed by atoms with Gasteiger partial charge in [-0.3, -0.25) is 33.2 Å². The summed E-state index contributed by atoms with van der Waals surface area (Å²) in [5.74, 6) is 3.56. The van der Waals surface area contributed by atoms with Crippen LogP contribution < -0.4 is 36.2 Å². The van der Waals surface area contributed by atoms with Crippen molar-refractivity contribution in [3.8, 4) is 50.6 Å². The lowest BCUT2D eigenvalue weighted by molar-refractivity contribution is -0.129. The van der Waals surface area contributed by atoms with Gasteiger partial charge in [0.15, 0.2) is 0 Å². The van der Waals surface area contributed by atoms with Gasteiger partial charge in [0, 0.05) is 141 Å². The molecule has 0 radical (unpaired) electrons. The fourth-order valence-corrected chi connectivity index (χ4v) is 17.1. The highest BCUT2D eigenvalue weighted by molar-refractivity contribution is 5.87. The van der Waals surface area contributed by atoms with Gasteiger partial charge in [-0.15, -0.1) is 0 Å². The lowest BCUT2D eigenvalue weighted by Crippen LogP contribution is -2.41. The van der Waals surface area contributed by atoms with E-state index in [9.17, 15) is 50.3 Å². The van der Waals surface area contributed by atoms with Crippen LogP contribution in [0, 0.1) is 0 Å². The SMILES string of the molecule is CC(=O)N1CCC(c2ncc(-c3ccc4c(=O)n5n(c4c3)C(c3ccccc3OC(F)F)CC5)cn2)CC1.CC(C)(C)OC(=O)N1CCC(c2ncc(-c3ccc4c(=O)n5n(c4c3)C(c3ccccc3OC(F)F)CC5)cn2)CC1.O=c1c2ccc(-c3cnc(C4CCNCC4)nc3)cc2n2n1CCC2c1ccccc1OC(F)F. The number of nitrogens with zero attached hydrogens (tertiary/aromatic N) is 14. The second-order valence-corrected chi connectivity index (χ2v) is 30.7. The highest BCUT2D eigenvalue weighted by Gasteiger charge is 2.36. The van der Waals surface area contributed by atoms with Gasteiger partial charge in [-0.1, -0.05) is 72.8 Å². The number of piperidine rings is 3. The quantitative estimate of drug-likeness (QED) is 0.0937. The monoisotopic (exact) mass is 1570 g/mol. The minimum atomic E-state index is -2.94. The largest absolute Gasteiger partial charge is 0.444 e. The van der Waals surface area contributed by atoms with Crippen molar-refractivity contribution in [2.75, 3.05) is 39.3 Å². The Morgan fingerprint density at radius 2 is 0.704 bits per heavy atom. The van der Waals surface area contributed by atoms with E-state index in [1.165, 1.54) is 12.1 Å². The van der Waals surface area contributed by atoms with Crippen molar-refractivity contribution < 1.29 is 54.9 Å². The normalized spacial score (nSPS) is 17.9. The first-order valence-corrected chi connectivity index (χ1v) is 38.9. The number of benzene rings is 6. The standard InChI is InChI=1S/C31H33F2N5O4.C28H27F2N5O3.C26H25F2N5O2/c1-31(2,3)42-30(40)36-13-10-19(11-14-36)27-34-17-21(18-35-27)20-8-9-23-25(16-20)38-24(12-15-37(38)28(23)39)22-6-4-5-7-26(22)41-29(32)33;1-17(36)33-11-8-18(9-12-33)26-31-15-20(16-32-26)19-6-7-22-24(14-19)35-23(10-13-34(35)27(22)37)21-4-2-3-5-25(21)38-28(29)30;27-26(28)35-23-4-2-1-3-19(23)21-9-12-32-25(34)20-6-5-17(13-22(20)33(21)32)18-14-30-24(31-15-18)16-7-10-29-11-8-16/h4-9,16-19,24,29H,10-15H2,1-3H3;2-7,14-16,18,23,28H,8-13H2,1H3;1-6,13-16,21,26,29H,7-12H2. The Morgan fingerprint density at radius 1 is 0.400 bits per heavy atom. The number of amides is 2. The van der Waals surface area contributed by atoms with E-state index >= 15 is 0 Å². The van der Waals surface area contributed by atoms with E-state index in [1.807, 2.05) is 94.6 Å². The smallest absolute Gasteiger partial charge is 0.410 e. The number of fused-ring (bicyclic) bond motifs is 9. The molecular formula is C85H85F6N15O9. The zero-order chi connectivity index (χ0) is 79.9. The van der Waals surface area contributed by atoms with Crippen molar-refractivity contribution in [3.05, 3.63) is 230 Å². The second kappa shape index (κ2) is 32.5. The molecule has 0 saturated carbocycles. The maximum Gasteiger partial charge on any atom is 0.410 e. The van der Waals surface area contributed by atoms with Gasteiger partial charge in [0.2, 0.25) is 5.91 Å². The molecule has 1 N–H and O–H groups in total. The van der Waals surface area contributed by atoms with Crippen LogP contribution in [0.25, 0.3) is 66.1 Å². The summed E-state index contributed by atoms with van der Waals surface area (Å²) >= 11 is 0. The van der Waals surface area contributed by atoms with E-state index in [1.54, 1.807) is 123 Å². The Hall–Kier alpha value is -12.0. The van der Waals surface area contributed by atoms with Gasteiger partial charge in [0.25, 0.3) is 16.7 Å². The van der Waals surface area contributed by atoms with E-state index in [4.69, 9.17) is 18.9 Å². The Morgan fingerprint density at radius 3 is 1.01 bits per heavy atom. The van der Waals surface area contributed by atoms with Gasteiger partial charge in [-0.25, -0.2) is 48.7 Å². The third-order valence-corrected chi connectivity index (χ3v) is 22.7.